The highest BCUT2D eigenvalue weighted by Gasteiger charge is 2.28. The van der Waals surface area contributed by atoms with Crippen LogP contribution in [0.5, 0.6) is 0 Å². The number of hydrogen-bond donors (Lipinski definition) is 2. The van der Waals surface area contributed by atoms with Gasteiger partial charge in [-0.2, -0.15) is 0 Å². The van der Waals surface area contributed by atoms with Crippen molar-refractivity contribution in [1.29, 1.82) is 0 Å². The van der Waals surface area contributed by atoms with Crippen LogP contribution in [0.4, 0.5) is 0 Å². The van der Waals surface area contributed by atoms with Gasteiger partial charge < -0.3 is 15.3 Å². The molecule has 0 bridgehead atoms. The predicted octanol–water partition coefficient (Wildman–Crippen LogP) is 1.32. The first-order valence-electron chi connectivity index (χ1n) is 6.56. The van der Waals surface area contributed by atoms with E-state index in [1.807, 2.05) is 0 Å². The fraction of sp³-hybridized carbons (Fsp3) is 1.00. The zero-order valence-electron chi connectivity index (χ0n) is 11.2. The van der Waals surface area contributed by atoms with E-state index in [2.05, 4.69) is 38.2 Å². The second-order valence-corrected chi connectivity index (χ2v) is 5.54. The largest absolute Gasteiger partial charge is 0.395 e. The average Bonchev–Trinajstić information content (AvgIpc) is 2.28. The monoisotopic (exact) mass is 228 g/mol. The Morgan fingerprint density at radius 2 is 2.12 bits per heavy atom. The minimum Gasteiger partial charge on any atom is -0.395 e. The summed E-state index contributed by atoms with van der Waals surface area (Å²) in [6, 6.07) is 0.930. The second-order valence-electron chi connectivity index (χ2n) is 5.54. The summed E-state index contributed by atoms with van der Waals surface area (Å²) < 4.78 is 0. The lowest BCUT2D eigenvalue weighted by Crippen LogP contribution is -2.45. The Balaban J connectivity index is 2.48. The molecule has 0 amide bonds. The van der Waals surface area contributed by atoms with E-state index in [4.69, 9.17) is 5.11 Å². The Morgan fingerprint density at radius 1 is 1.44 bits per heavy atom. The molecule has 3 heteroatoms. The maximum Gasteiger partial charge on any atom is 0.0584 e. The molecular formula is C13H28N2O. The molecule has 4 atom stereocenters. The number of nitrogens with one attached hydrogen (secondary N) is 1. The van der Waals surface area contributed by atoms with Crippen molar-refractivity contribution in [2.75, 3.05) is 27.2 Å². The molecule has 1 aliphatic carbocycles. The fourth-order valence-electron chi connectivity index (χ4n) is 2.77. The van der Waals surface area contributed by atoms with Crippen LogP contribution >= 0.6 is 0 Å². The van der Waals surface area contributed by atoms with Gasteiger partial charge in [-0.1, -0.05) is 6.92 Å². The smallest absolute Gasteiger partial charge is 0.0584 e. The molecule has 1 fully saturated rings. The fourth-order valence-corrected chi connectivity index (χ4v) is 2.77. The molecule has 1 aliphatic rings. The summed E-state index contributed by atoms with van der Waals surface area (Å²) in [6.07, 6.45) is 3.96. The van der Waals surface area contributed by atoms with Crippen LogP contribution in [0, 0.1) is 11.8 Å². The Labute approximate surface area is 100 Å². The molecule has 3 nitrogen and oxygen atoms in total. The highest BCUT2D eigenvalue weighted by Crippen LogP contribution is 2.29. The molecule has 0 heterocycles. The number of nitrogens with zero attached hydrogens (tertiary/aromatic N) is 1. The Bertz CT molecular complexity index is 198. The maximum absolute atomic E-state index is 9.15. The highest BCUT2D eigenvalue weighted by molar-refractivity contribution is 4.85. The van der Waals surface area contributed by atoms with Gasteiger partial charge in [0.2, 0.25) is 0 Å². The van der Waals surface area contributed by atoms with Crippen molar-refractivity contribution in [2.45, 2.75) is 45.2 Å². The van der Waals surface area contributed by atoms with Crippen LogP contribution in [0.1, 0.15) is 33.1 Å². The van der Waals surface area contributed by atoms with Gasteiger partial charge in [0.1, 0.15) is 0 Å². The van der Waals surface area contributed by atoms with Crippen molar-refractivity contribution in [2.24, 2.45) is 11.8 Å². The van der Waals surface area contributed by atoms with Crippen LogP contribution in [0.3, 0.4) is 0 Å². The van der Waals surface area contributed by atoms with Gasteiger partial charge in [0.25, 0.3) is 0 Å². The van der Waals surface area contributed by atoms with Gasteiger partial charge >= 0.3 is 0 Å². The summed E-state index contributed by atoms with van der Waals surface area (Å²) in [4.78, 5) is 2.28. The Morgan fingerprint density at radius 3 is 2.69 bits per heavy atom. The number of aliphatic hydroxyl groups excluding tert-OH is 1. The molecule has 1 saturated carbocycles. The standard InChI is InChI=1S/C13H28N2O/c1-10-5-6-13(14-3)12(7-10)8-15(4)11(2)9-16/h10-14,16H,5-9H2,1-4H3. The maximum atomic E-state index is 9.15. The van der Waals surface area contributed by atoms with Crippen molar-refractivity contribution in [3.63, 3.8) is 0 Å². The quantitative estimate of drug-likeness (QED) is 0.745. The molecule has 0 radical (unpaired) electrons. The molecule has 0 aromatic carbocycles. The first-order valence-corrected chi connectivity index (χ1v) is 6.56. The molecular weight excluding hydrogens is 200 g/mol. The Hall–Kier alpha value is -0.120. The van der Waals surface area contributed by atoms with Crippen molar-refractivity contribution < 1.29 is 5.11 Å². The molecule has 0 saturated heterocycles. The van der Waals surface area contributed by atoms with Crippen LogP contribution in [0.25, 0.3) is 0 Å². The van der Waals surface area contributed by atoms with Crippen LogP contribution < -0.4 is 5.32 Å². The normalized spacial score (nSPS) is 33.0. The number of aliphatic hydroxyl groups is 1. The van der Waals surface area contributed by atoms with E-state index in [9.17, 15) is 0 Å². The van der Waals surface area contributed by atoms with Gasteiger partial charge in [-0.25, -0.2) is 0 Å². The third-order valence-electron chi connectivity index (χ3n) is 4.15. The molecule has 4 unspecified atom stereocenters. The number of hydrogen-bond acceptors (Lipinski definition) is 3. The summed E-state index contributed by atoms with van der Waals surface area (Å²) in [5.41, 5.74) is 0. The zero-order chi connectivity index (χ0) is 12.1. The SMILES string of the molecule is CNC1CCC(C)CC1CN(C)C(C)CO. The van der Waals surface area contributed by atoms with Gasteiger partial charge in [0, 0.05) is 18.6 Å². The second kappa shape index (κ2) is 6.58. The van der Waals surface area contributed by atoms with Crippen molar-refractivity contribution >= 4 is 0 Å². The van der Waals surface area contributed by atoms with Crippen LogP contribution in [-0.2, 0) is 0 Å². The van der Waals surface area contributed by atoms with Gasteiger partial charge in [-0.05, 0) is 52.1 Å². The van der Waals surface area contributed by atoms with Gasteiger partial charge in [-0.3, -0.25) is 0 Å². The minimum atomic E-state index is 0.253. The zero-order valence-corrected chi connectivity index (χ0v) is 11.2. The predicted molar refractivity (Wildman–Crippen MR) is 68.5 cm³/mol. The topological polar surface area (TPSA) is 35.5 Å². The molecule has 96 valence electrons. The van der Waals surface area contributed by atoms with E-state index >= 15 is 0 Å². The lowest BCUT2D eigenvalue weighted by atomic mass is 9.78. The minimum absolute atomic E-state index is 0.253. The van der Waals surface area contributed by atoms with Gasteiger partial charge in [0.15, 0.2) is 0 Å². The highest BCUT2D eigenvalue weighted by atomic mass is 16.3. The first kappa shape index (κ1) is 13.9. The van der Waals surface area contributed by atoms with Gasteiger partial charge in [-0.15, -0.1) is 0 Å². The molecule has 0 aromatic heterocycles. The van der Waals surface area contributed by atoms with Crippen LogP contribution in [-0.4, -0.2) is 49.3 Å². The van der Waals surface area contributed by atoms with Crippen LogP contribution in [0.15, 0.2) is 0 Å². The lowest BCUT2D eigenvalue weighted by Gasteiger charge is -2.38. The summed E-state index contributed by atoms with van der Waals surface area (Å²) in [5.74, 6) is 1.58. The van der Waals surface area contributed by atoms with E-state index in [0.29, 0.717) is 6.04 Å². The molecule has 0 aromatic rings. The molecule has 0 spiro atoms. The molecule has 1 rings (SSSR count). The molecule has 2 N–H and O–H groups in total. The average molecular weight is 228 g/mol. The Kier molecular flexibility index (Phi) is 5.73. The van der Waals surface area contributed by atoms with Crippen molar-refractivity contribution in [3.05, 3.63) is 0 Å². The molecule has 16 heavy (non-hydrogen) atoms. The number of likely N-dealkylation sites (N-methyl/N-ethyl adjacent to an activating group) is 1. The van der Waals surface area contributed by atoms with E-state index < -0.39 is 0 Å². The molecule has 0 aliphatic heterocycles. The van der Waals surface area contributed by atoms with E-state index in [-0.39, 0.29) is 12.6 Å². The van der Waals surface area contributed by atoms with Crippen molar-refractivity contribution in [1.82, 2.24) is 10.2 Å². The summed E-state index contributed by atoms with van der Waals surface area (Å²) in [7, 11) is 4.19. The summed E-state index contributed by atoms with van der Waals surface area (Å²) in [6.45, 7) is 5.79. The third-order valence-corrected chi connectivity index (χ3v) is 4.15. The number of rotatable bonds is 5. The van der Waals surface area contributed by atoms with Gasteiger partial charge in [0.05, 0.1) is 6.61 Å². The first-order chi connectivity index (χ1) is 7.58. The lowest BCUT2D eigenvalue weighted by molar-refractivity contribution is 0.110. The van der Waals surface area contributed by atoms with E-state index in [1.165, 1.54) is 19.3 Å². The van der Waals surface area contributed by atoms with Crippen molar-refractivity contribution in [3.8, 4) is 0 Å². The van der Waals surface area contributed by atoms with Crippen LogP contribution in [0.2, 0.25) is 0 Å². The summed E-state index contributed by atoms with van der Waals surface area (Å²) in [5, 5.41) is 12.6. The third kappa shape index (κ3) is 3.72. The summed E-state index contributed by atoms with van der Waals surface area (Å²) >= 11 is 0. The van der Waals surface area contributed by atoms with E-state index in [1.54, 1.807) is 0 Å². The van der Waals surface area contributed by atoms with E-state index in [0.717, 1.165) is 18.4 Å².